The fourth-order valence-corrected chi connectivity index (χ4v) is 2.65. The van der Waals surface area contributed by atoms with Gasteiger partial charge in [-0.3, -0.25) is 0 Å². The van der Waals surface area contributed by atoms with Crippen LogP contribution in [-0.4, -0.2) is 7.11 Å². The van der Waals surface area contributed by atoms with Crippen molar-refractivity contribution in [3.8, 4) is 5.75 Å². The normalized spacial score (nSPS) is 19.0. The van der Waals surface area contributed by atoms with Gasteiger partial charge in [-0.05, 0) is 54.5 Å². The maximum Gasteiger partial charge on any atom is 0.118 e. The second-order valence-electron chi connectivity index (χ2n) is 4.73. The Morgan fingerprint density at radius 3 is 2.29 bits per heavy atom. The third-order valence-electron chi connectivity index (χ3n) is 3.64. The van der Waals surface area contributed by atoms with Crippen molar-refractivity contribution in [1.29, 1.82) is 0 Å². The van der Waals surface area contributed by atoms with Crippen LogP contribution in [0.15, 0.2) is 41.5 Å². The number of methoxy groups -OCH3 is 1. The molecule has 1 nitrogen and oxygen atoms in total. The molecule has 0 amide bonds. The predicted octanol–water partition coefficient (Wildman–Crippen LogP) is 4.17. The fourth-order valence-electron chi connectivity index (χ4n) is 2.65. The summed E-state index contributed by atoms with van der Waals surface area (Å²) in [5, 5.41) is 0. The third kappa shape index (κ3) is 2.02. The summed E-state index contributed by atoms with van der Waals surface area (Å²) in [6.07, 6.45) is 9.92. The second-order valence-corrected chi connectivity index (χ2v) is 4.73. The molecule has 3 rings (SSSR count). The molecule has 1 radical (unpaired) electrons. The van der Waals surface area contributed by atoms with Gasteiger partial charge in [0.25, 0.3) is 0 Å². The Morgan fingerprint density at radius 2 is 1.65 bits per heavy atom. The van der Waals surface area contributed by atoms with Crippen LogP contribution in [0.5, 0.6) is 5.75 Å². The van der Waals surface area contributed by atoms with Crippen molar-refractivity contribution in [3.05, 3.63) is 53.5 Å². The van der Waals surface area contributed by atoms with Crippen LogP contribution in [0, 0.1) is 6.42 Å². The fraction of sp³-hybridized carbons (Fsp3) is 0.312. The molecule has 0 heterocycles. The molecule has 0 spiro atoms. The van der Waals surface area contributed by atoms with Crippen LogP contribution in [0.3, 0.4) is 0 Å². The van der Waals surface area contributed by atoms with Gasteiger partial charge in [-0.1, -0.05) is 23.8 Å². The van der Waals surface area contributed by atoms with Gasteiger partial charge in [0.05, 0.1) is 7.11 Å². The van der Waals surface area contributed by atoms with Gasteiger partial charge in [-0.25, -0.2) is 0 Å². The minimum Gasteiger partial charge on any atom is -0.497 e. The molecular weight excluding hydrogens is 208 g/mol. The smallest absolute Gasteiger partial charge is 0.118 e. The molecule has 0 atom stereocenters. The molecule has 1 heteroatoms. The van der Waals surface area contributed by atoms with E-state index in [1.54, 1.807) is 18.3 Å². The third-order valence-corrected chi connectivity index (χ3v) is 3.64. The van der Waals surface area contributed by atoms with E-state index in [4.69, 9.17) is 4.74 Å². The van der Waals surface area contributed by atoms with E-state index in [0.29, 0.717) is 0 Å². The highest BCUT2D eigenvalue weighted by Crippen LogP contribution is 2.39. The lowest BCUT2D eigenvalue weighted by atomic mass is 9.93. The van der Waals surface area contributed by atoms with Gasteiger partial charge >= 0.3 is 0 Å². The van der Waals surface area contributed by atoms with Gasteiger partial charge in [0, 0.05) is 6.42 Å². The van der Waals surface area contributed by atoms with Gasteiger partial charge < -0.3 is 4.74 Å². The summed E-state index contributed by atoms with van der Waals surface area (Å²) < 4.78 is 5.19. The monoisotopic (exact) mass is 225 g/mol. The Labute approximate surface area is 103 Å². The summed E-state index contributed by atoms with van der Waals surface area (Å²) in [5.74, 6) is 0.921. The first kappa shape index (κ1) is 10.6. The van der Waals surface area contributed by atoms with Crippen molar-refractivity contribution in [2.45, 2.75) is 25.7 Å². The molecule has 2 aliphatic carbocycles. The van der Waals surface area contributed by atoms with Crippen LogP contribution < -0.4 is 4.74 Å². The molecule has 0 aromatic heterocycles. The standard InChI is InChI=1S/C16H17O/c1-17-16-8-6-12(7-9-16)15-10-13-4-2-3-5-14(13)11-15/h6-11H,2-5H2,1H3. The molecular formula is C16H17O. The van der Waals surface area contributed by atoms with Crippen molar-refractivity contribution >= 4 is 5.57 Å². The van der Waals surface area contributed by atoms with Crippen LogP contribution >= 0.6 is 0 Å². The van der Waals surface area contributed by atoms with Crippen molar-refractivity contribution < 1.29 is 4.74 Å². The van der Waals surface area contributed by atoms with Gasteiger partial charge in [-0.2, -0.15) is 0 Å². The number of allylic oxidation sites excluding steroid dienone is 4. The van der Waals surface area contributed by atoms with E-state index >= 15 is 0 Å². The van der Waals surface area contributed by atoms with E-state index < -0.39 is 0 Å². The van der Waals surface area contributed by atoms with Crippen LogP contribution in [0.2, 0.25) is 0 Å². The second kappa shape index (κ2) is 4.40. The molecule has 0 bridgehead atoms. The van der Waals surface area contributed by atoms with Crippen molar-refractivity contribution in [3.63, 3.8) is 0 Å². The highest BCUT2D eigenvalue weighted by molar-refractivity contribution is 5.82. The average Bonchev–Trinajstić information content (AvgIpc) is 2.82. The average molecular weight is 225 g/mol. The van der Waals surface area contributed by atoms with Crippen molar-refractivity contribution in [2.24, 2.45) is 0 Å². The molecule has 1 aromatic rings. The Morgan fingerprint density at radius 1 is 0.941 bits per heavy atom. The molecule has 2 aliphatic rings. The predicted molar refractivity (Wildman–Crippen MR) is 70.8 cm³/mol. The number of hydrogen-bond acceptors (Lipinski definition) is 1. The minimum atomic E-state index is 0.921. The minimum absolute atomic E-state index is 0.921. The van der Waals surface area contributed by atoms with Gasteiger partial charge in [-0.15, -0.1) is 0 Å². The first-order valence-corrected chi connectivity index (χ1v) is 6.30. The topological polar surface area (TPSA) is 9.23 Å². The zero-order valence-corrected chi connectivity index (χ0v) is 10.2. The van der Waals surface area contributed by atoms with Crippen LogP contribution in [0.4, 0.5) is 0 Å². The number of hydrogen-bond donors (Lipinski definition) is 0. The molecule has 0 unspecified atom stereocenters. The lowest BCUT2D eigenvalue weighted by molar-refractivity contribution is 0.415. The zero-order valence-electron chi connectivity index (χ0n) is 10.2. The molecule has 0 saturated carbocycles. The molecule has 87 valence electrons. The molecule has 0 fully saturated rings. The summed E-state index contributed by atoms with van der Waals surface area (Å²) in [6, 6.07) is 8.34. The highest BCUT2D eigenvalue weighted by Gasteiger charge is 2.19. The van der Waals surface area contributed by atoms with Crippen molar-refractivity contribution in [1.82, 2.24) is 0 Å². The summed E-state index contributed by atoms with van der Waals surface area (Å²) >= 11 is 0. The SMILES string of the molecule is COc1ccc(C2=CC3=C([CH]2)CCCC3)cc1. The highest BCUT2D eigenvalue weighted by atomic mass is 16.5. The zero-order chi connectivity index (χ0) is 11.7. The van der Waals surface area contributed by atoms with Crippen molar-refractivity contribution in [2.75, 3.05) is 7.11 Å². The van der Waals surface area contributed by atoms with E-state index in [1.165, 1.54) is 36.8 Å². The summed E-state index contributed by atoms with van der Waals surface area (Å²) in [7, 11) is 1.70. The van der Waals surface area contributed by atoms with E-state index in [2.05, 4.69) is 24.6 Å². The Balaban J connectivity index is 1.82. The maximum absolute atomic E-state index is 5.19. The summed E-state index contributed by atoms with van der Waals surface area (Å²) in [6.45, 7) is 0. The Bertz CT molecular complexity index is 477. The number of benzene rings is 1. The molecule has 0 N–H and O–H groups in total. The molecule has 17 heavy (non-hydrogen) atoms. The van der Waals surface area contributed by atoms with Gasteiger partial charge in [0.1, 0.15) is 5.75 Å². The van der Waals surface area contributed by atoms with E-state index in [-0.39, 0.29) is 0 Å². The van der Waals surface area contributed by atoms with Gasteiger partial charge in [0.15, 0.2) is 0 Å². The van der Waals surface area contributed by atoms with E-state index in [9.17, 15) is 0 Å². The maximum atomic E-state index is 5.19. The number of ether oxygens (including phenoxy) is 1. The lowest BCUT2D eigenvalue weighted by Crippen LogP contribution is -1.93. The quantitative estimate of drug-likeness (QED) is 0.734. The molecule has 0 aliphatic heterocycles. The Kier molecular flexibility index (Phi) is 2.76. The lowest BCUT2D eigenvalue weighted by Gasteiger charge is -2.12. The van der Waals surface area contributed by atoms with E-state index in [0.717, 1.165) is 5.75 Å². The van der Waals surface area contributed by atoms with Crippen LogP contribution in [-0.2, 0) is 0 Å². The van der Waals surface area contributed by atoms with Gasteiger partial charge in [0.2, 0.25) is 0 Å². The Hall–Kier alpha value is -1.50. The molecule has 1 aromatic carbocycles. The summed E-state index contributed by atoms with van der Waals surface area (Å²) in [4.78, 5) is 0. The largest absolute Gasteiger partial charge is 0.497 e. The van der Waals surface area contributed by atoms with Crippen LogP contribution in [0.1, 0.15) is 31.2 Å². The number of rotatable bonds is 2. The first-order valence-electron chi connectivity index (χ1n) is 6.30. The van der Waals surface area contributed by atoms with Crippen LogP contribution in [0.25, 0.3) is 5.57 Å². The first-order chi connectivity index (χ1) is 8.36. The molecule has 0 saturated heterocycles. The summed E-state index contributed by atoms with van der Waals surface area (Å²) in [5.41, 5.74) is 5.77. The van der Waals surface area contributed by atoms with E-state index in [1.807, 2.05) is 12.1 Å².